The van der Waals surface area contributed by atoms with Crippen molar-refractivity contribution >= 4 is 24.1 Å². The SMILES string of the molecule is CCOC(=O)C(C#N)=Cc1ccc(OC(=O)C(C#N)=Cc2ccc(OCC)c(OC)c2)c(OC)c1. The van der Waals surface area contributed by atoms with Gasteiger partial charge in [-0.15, -0.1) is 0 Å². The van der Waals surface area contributed by atoms with Crippen LogP contribution in [-0.4, -0.2) is 39.4 Å². The van der Waals surface area contributed by atoms with Crippen molar-refractivity contribution in [2.45, 2.75) is 13.8 Å². The molecule has 180 valence electrons. The van der Waals surface area contributed by atoms with E-state index in [1.807, 2.05) is 13.0 Å². The molecule has 0 aliphatic carbocycles. The monoisotopic (exact) mass is 476 g/mol. The number of methoxy groups -OCH3 is 2. The Morgan fingerprint density at radius 1 is 0.771 bits per heavy atom. The summed E-state index contributed by atoms with van der Waals surface area (Å²) < 4.78 is 26.2. The van der Waals surface area contributed by atoms with Crippen molar-refractivity contribution < 1.29 is 33.3 Å². The van der Waals surface area contributed by atoms with Crippen molar-refractivity contribution in [1.29, 1.82) is 10.5 Å². The molecule has 2 rings (SSSR count). The normalized spacial score (nSPS) is 11.0. The quantitative estimate of drug-likeness (QED) is 0.215. The van der Waals surface area contributed by atoms with E-state index < -0.39 is 11.9 Å². The summed E-state index contributed by atoms with van der Waals surface area (Å²) in [7, 11) is 2.85. The minimum Gasteiger partial charge on any atom is -0.493 e. The first kappa shape index (κ1) is 26.5. The molecule has 2 aromatic rings. The highest BCUT2D eigenvalue weighted by atomic mass is 16.6. The van der Waals surface area contributed by atoms with E-state index in [1.54, 1.807) is 31.2 Å². The van der Waals surface area contributed by atoms with E-state index in [4.69, 9.17) is 23.7 Å². The van der Waals surface area contributed by atoms with Crippen LogP contribution >= 0.6 is 0 Å². The minimum absolute atomic E-state index is 0.0507. The van der Waals surface area contributed by atoms with Crippen molar-refractivity contribution in [3.63, 3.8) is 0 Å². The summed E-state index contributed by atoms with van der Waals surface area (Å²) in [5.41, 5.74) is 0.536. The standard InChI is InChI=1S/C26H24N2O7/c1-5-33-21-9-7-17(13-23(21)31-3)12-20(16-28)26(30)35-22-10-8-18(14-24(22)32-4)11-19(15-27)25(29)34-6-2/h7-14H,5-6H2,1-4H3. The number of rotatable bonds is 10. The molecule has 0 amide bonds. The molecule has 2 aromatic carbocycles. The van der Waals surface area contributed by atoms with Crippen LogP contribution in [-0.2, 0) is 14.3 Å². The third-order valence-electron chi connectivity index (χ3n) is 4.46. The van der Waals surface area contributed by atoms with Crippen LogP contribution in [0.1, 0.15) is 25.0 Å². The number of hydrogen-bond donors (Lipinski definition) is 0. The first-order valence-corrected chi connectivity index (χ1v) is 10.5. The van der Waals surface area contributed by atoms with Crippen LogP contribution in [0.5, 0.6) is 23.0 Å². The number of benzene rings is 2. The van der Waals surface area contributed by atoms with Crippen molar-refractivity contribution in [3.05, 3.63) is 58.7 Å². The highest BCUT2D eigenvalue weighted by molar-refractivity contribution is 6.00. The van der Waals surface area contributed by atoms with E-state index in [-0.39, 0.29) is 29.3 Å². The Morgan fingerprint density at radius 3 is 1.77 bits per heavy atom. The van der Waals surface area contributed by atoms with Gasteiger partial charge in [0.25, 0.3) is 0 Å². The van der Waals surface area contributed by atoms with Gasteiger partial charge in [0.1, 0.15) is 23.3 Å². The smallest absolute Gasteiger partial charge is 0.354 e. The predicted octanol–water partition coefficient (Wildman–Crippen LogP) is 4.09. The Hall–Kier alpha value is -4.76. The highest BCUT2D eigenvalue weighted by Gasteiger charge is 2.17. The fourth-order valence-electron chi connectivity index (χ4n) is 2.88. The second-order valence-corrected chi connectivity index (χ2v) is 6.70. The number of nitrogens with zero attached hydrogens (tertiary/aromatic N) is 2. The van der Waals surface area contributed by atoms with Crippen LogP contribution in [0.2, 0.25) is 0 Å². The summed E-state index contributed by atoms with van der Waals surface area (Å²) >= 11 is 0. The van der Waals surface area contributed by atoms with Crippen molar-refractivity contribution in [1.82, 2.24) is 0 Å². The van der Waals surface area contributed by atoms with Crippen LogP contribution in [0.25, 0.3) is 12.2 Å². The summed E-state index contributed by atoms with van der Waals surface area (Å²) in [6.45, 7) is 4.07. The molecule has 0 saturated carbocycles. The number of nitriles is 2. The molecule has 0 atom stereocenters. The molecule has 0 aliphatic rings. The average molecular weight is 476 g/mol. The van der Waals surface area contributed by atoms with Crippen LogP contribution in [0.3, 0.4) is 0 Å². The lowest BCUT2D eigenvalue weighted by Crippen LogP contribution is -2.11. The third-order valence-corrected chi connectivity index (χ3v) is 4.46. The van der Waals surface area contributed by atoms with Gasteiger partial charge in [0.15, 0.2) is 23.0 Å². The molecule has 0 unspecified atom stereocenters. The van der Waals surface area contributed by atoms with E-state index in [1.165, 1.54) is 44.6 Å². The Labute approximate surface area is 203 Å². The van der Waals surface area contributed by atoms with Gasteiger partial charge in [-0.2, -0.15) is 10.5 Å². The zero-order valence-electron chi connectivity index (χ0n) is 19.8. The maximum atomic E-state index is 12.7. The van der Waals surface area contributed by atoms with E-state index >= 15 is 0 Å². The van der Waals surface area contributed by atoms with Gasteiger partial charge >= 0.3 is 11.9 Å². The number of carbonyl (C=O) groups is 2. The summed E-state index contributed by atoms with van der Waals surface area (Å²) in [5.74, 6) is -0.445. The molecule has 0 bridgehead atoms. The predicted molar refractivity (Wildman–Crippen MR) is 127 cm³/mol. The molecule has 0 aromatic heterocycles. The average Bonchev–Trinajstić information content (AvgIpc) is 2.87. The number of ether oxygens (including phenoxy) is 5. The molecule has 0 spiro atoms. The van der Waals surface area contributed by atoms with E-state index in [2.05, 4.69) is 0 Å². The van der Waals surface area contributed by atoms with Gasteiger partial charge in [-0.25, -0.2) is 9.59 Å². The lowest BCUT2D eigenvalue weighted by molar-refractivity contribution is -0.138. The molecule has 0 fully saturated rings. The number of esters is 2. The maximum Gasteiger partial charge on any atom is 0.354 e. The fourth-order valence-corrected chi connectivity index (χ4v) is 2.88. The van der Waals surface area contributed by atoms with Gasteiger partial charge in [0.05, 0.1) is 27.4 Å². The van der Waals surface area contributed by atoms with Crippen molar-refractivity contribution in [2.24, 2.45) is 0 Å². The minimum atomic E-state index is -0.897. The molecule has 0 saturated heterocycles. The second-order valence-electron chi connectivity index (χ2n) is 6.70. The molecule has 9 heteroatoms. The van der Waals surface area contributed by atoms with Crippen LogP contribution < -0.4 is 18.9 Å². The summed E-state index contributed by atoms with van der Waals surface area (Å²) in [6.07, 6.45) is 2.69. The topological polar surface area (TPSA) is 128 Å². The van der Waals surface area contributed by atoms with Crippen LogP contribution in [0.4, 0.5) is 0 Å². The van der Waals surface area contributed by atoms with Crippen LogP contribution in [0.15, 0.2) is 47.5 Å². The van der Waals surface area contributed by atoms with Gasteiger partial charge < -0.3 is 23.7 Å². The van der Waals surface area contributed by atoms with Crippen molar-refractivity contribution in [3.8, 4) is 35.1 Å². The molecular formula is C26H24N2O7. The molecular weight excluding hydrogens is 452 g/mol. The van der Waals surface area contributed by atoms with Gasteiger partial charge in [-0.05, 0) is 61.4 Å². The fraction of sp³-hybridized carbons (Fsp3) is 0.231. The largest absolute Gasteiger partial charge is 0.493 e. The zero-order valence-corrected chi connectivity index (χ0v) is 19.8. The zero-order chi connectivity index (χ0) is 25.8. The Balaban J connectivity index is 2.30. The highest BCUT2D eigenvalue weighted by Crippen LogP contribution is 2.31. The van der Waals surface area contributed by atoms with E-state index in [0.29, 0.717) is 29.2 Å². The molecule has 0 aliphatic heterocycles. The van der Waals surface area contributed by atoms with Gasteiger partial charge in [-0.1, -0.05) is 12.1 Å². The third kappa shape index (κ3) is 7.11. The summed E-state index contributed by atoms with van der Waals surface area (Å²) in [4.78, 5) is 24.5. The maximum absolute atomic E-state index is 12.7. The lowest BCUT2D eigenvalue weighted by atomic mass is 10.1. The van der Waals surface area contributed by atoms with E-state index in [9.17, 15) is 20.1 Å². The first-order chi connectivity index (χ1) is 16.9. The lowest BCUT2D eigenvalue weighted by Gasteiger charge is -2.11. The van der Waals surface area contributed by atoms with E-state index in [0.717, 1.165) is 0 Å². The number of carbonyl (C=O) groups excluding carboxylic acids is 2. The first-order valence-electron chi connectivity index (χ1n) is 10.5. The molecule has 35 heavy (non-hydrogen) atoms. The molecule has 0 heterocycles. The second kappa shape index (κ2) is 13.1. The molecule has 9 nitrogen and oxygen atoms in total. The molecule has 0 N–H and O–H groups in total. The Morgan fingerprint density at radius 2 is 1.29 bits per heavy atom. The van der Waals surface area contributed by atoms with Gasteiger partial charge in [-0.3, -0.25) is 0 Å². The van der Waals surface area contributed by atoms with Crippen LogP contribution in [0, 0.1) is 22.7 Å². The van der Waals surface area contributed by atoms with Crippen molar-refractivity contribution in [2.75, 3.05) is 27.4 Å². The summed E-state index contributed by atoms with van der Waals surface area (Å²) in [5, 5.41) is 18.7. The summed E-state index contributed by atoms with van der Waals surface area (Å²) in [6, 6.07) is 13.0. The van der Waals surface area contributed by atoms with Gasteiger partial charge in [0.2, 0.25) is 0 Å². The Kier molecular flexibility index (Phi) is 9.89. The number of hydrogen-bond acceptors (Lipinski definition) is 9. The van der Waals surface area contributed by atoms with Gasteiger partial charge in [0, 0.05) is 0 Å². The molecule has 0 radical (unpaired) electrons. The Bertz CT molecular complexity index is 1230.